The molecule has 9 heteroatoms. The second kappa shape index (κ2) is 11.4. The minimum Gasteiger partial charge on any atom is -0.507 e. The summed E-state index contributed by atoms with van der Waals surface area (Å²) >= 11 is 12.5. The number of aliphatic hydroxyl groups excluding tert-OH is 1. The zero-order valence-electron chi connectivity index (χ0n) is 21.5. The lowest BCUT2D eigenvalue weighted by atomic mass is 9.94. The molecule has 1 N–H and O–H groups in total. The van der Waals surface area contributed by atoms with E-state index >= 15 is 0 Å². The molecule has 0 bridgehead atoms. The maximum absolute atomic E-state index is 13.5. The Kier molecular flexibility index (Phi) is 8.19. The van der Waals surface area contributed by atoms with Crippen molar-refractivity contribution in [3.63, 3.8) is 0 Å². The summed E-state index contributed by atoms with van der Waals surface area (Å²) in [6, 6.07) is 16.3. The van der Waals surface area contributed by atoms with E-state index in [2.05, 4.69) is 18.7 Å². The molecule has 1 saturated heterocycles. The average Bonchev–Trinajstić information content (AvgIpc) is 3.19. The first kappa shape index (κ1) is 27.4. The summed E-state index contributed by atoms with van der Waals surface area (Å²) < 4.78 is 10.8. The third kappa shape index (κ3) is 4.91. The van der Waals surface area contributed by atoms with Crippen molar-refractivity contribution in [3.8, 4) is 11.5 Å². The van der Waals surface area contributed by atoms with E-state index in [0.717, 1.165) is 18.8 Å². The molecule has 1 aliphatic heterocycles. The van der Waals surface area contributed by atoms with E-state index in [1.165, 1.54) is 31.3 Å². The van der Waals surface area contributed by atoms with Crippen molar-refractivity contribution in [3.05, 3.63) is 87.4 Å². The number of Topliss-reactive ketones (excluding diaryl/α,β-unsaturated/α-hetero) is 1. The summed E-state index contributed by atoms with van der Waals surface area (Å²) in [6.45, 7) is 5.79. The van der Waals surface area contributed by atoms with Crippen molar-refractivity contribution in [1.29, 1.82) is 0 Å². The fourth-order valence-corrected chi connectivity index (χ4v) is 5.10. The van der Waals surface area contributed by atoms with Crippen LogP contribution in [0.4, 0.5) is 11.4 Å². The van der Waals surface area contributed by atoms with Crippen molar-refractivity contribution < 1.29 is 24.2 Å². The SMILES string of the molecule is CCN(CC)c1ccc(C2/C(=C(\O)c3cc(OC)c(Cl)cc3OC)C(=O)C(=O)N2c2cccc(Cl)c2)cc1. The Morgan fingerprint density at radius 1 is 0.947 bits per heavy atom. The zero-order valence-corrected chi connectivity index (χ0v) is 23.0. The van der Waals surface area contributed by atoms with Crippen LogP contribution in [0.1, 0.15) is 31.0 Å². The smallest absolute Gasteiger partial charge is 0.300 e. The summed E-state index contributed by atoms with van der Waals surface area (Å²) in [5, 5.41) is 12.2. The first-order valence-electron chi connectivity index (χ1n) is 12.1. The van der Waals surface area contributed by atoms with Gasteiger partial charge in [-0.05, 0) is 55.8 Å². The van der Waals surface area contributed by atoms with Crippen LogP contribution in [0.2, 0.25) is 10.0 Å². The molecule has 7 nitrogen and oxygen atoms in total. The van der Waals surface area contributed by atoms with Crippen molar-refractivity contribution >= 4 is 52.0 Å². The third-order valence-electron chi connectivity index (χ3n) is 6.60. The predicted octanol–water partition coefficient (Wildman–Crippen LogP) is 6.48. The van der Waals surface area contributed by atoms with E-state index in [0.29, 0.717) is 16.3 Å². The zero-order chi connectivity index (χ0) is 27.6. The van der Waals surface area contributed by atoms with E-state index in [1.54, 1.807) is 24.3 Å². The first-order valence-corrected chi connectivity index (χ1v) is 12.8. The van der Waals surface area contributed by atoms with Crippen LogP contribution in [0.5, 0.6) is 11.5 Å². The number of benzene rings is 3. The van der Waals surface area contributed by atoms with Crippen molar-refractivity contribution in [1.82, 2.24) is 0 Å². The maximum Gasteiger partial charge on any atom is 0.300 e. The quantitative estimate of drug-likeness (QED) is 0.195. The van der Waals surface area contributed by atoms with E-state index in [-0.39, 0.29) is 27.7 Å². The highest BCUT2D eigenvalue weighted by Crippen LogP contribution is 2.45. The molecule has 3 aromatic rings. The highest BCUT2D eigenvalue weighted by atomic mass is 35.5. The number of ether oxygens (including phenoxy) is 2. The number of rotatable bonds is 8. The van der Waals surface area contributed by atoms with Crippen molar-refractivity contribution in [2.45, 2.75) is 19.9 Å². The monoisotopic (exact) mass is 554 g/mol. The van der Waals surface area contributed by atoms with E-state index in [1.807, 2.05) is 24.3 Å². The number of carbonyl (C=O) groups is 2. The number of halogens is 2. The number of carbonyl (C=O) groups excluding carboxylic acids is 2. The molecule has 1 unspecified atom stereocenters. The van der Waals surface area contributed by atoms with Gasteiger partial charge in [-0.1, -0.05) is 41.4 Å². The van der Waals surface area contributed by atoms with Gasteiger partial charge in [0.05, 0.1) is 36.4 Å². The molecule has 198 valence electrons. The Bertz CT molecular complexity index is 1400. The number of hydrogen-bond acceptors (Lipinski definition) is 6. The molecule has 1 atom stereocenters. The molecule has 1 amide bonds. The summed E-state index contributed by atoms with van der Waals surface area (Å²) in [5.74, 6) is -1.53. The Labute approximate surface area is 231 Å². The van der Waals surface area contributed by atoms with E-state index in [9.17, 15) is 14.7 Å². The van der Waals surface area contributed by atoms with Gasteiger partial charge in [-0.3, -0.25) is 14.5 Å². The molecular weight excluding hydrogens is 527 g/mol. The van der Waals surface area contributed by atoms with Crippen LogP contribution >= 0.6 is 23.2 Å². The van der Waals surface area contributed by atoms with Gasteiger partial charge >= 0.3 is 0 Å². The molecule has 0 spiro atoms. The number of aliphatic hydroxyl groups is 1. The van der Waals surface area contributed by atoms with Gasteiger partial charge in [-0.25, -0.2) is 0 Å². The van der Waals surface area contributed by atoms with Crippen LogP contribution in [0.15, 0.2) is 66.2 Å². The molecule has 4 rings (SSSR count). The number of methoxy groups -OCH3 is 2. The van der Waals surface area contributed by atoms with Crippen molar-refractivity contribution in [2.24, 2.45) is 0 Å². The molecule has 0 aromatic heterocycles. The van der Waals surface area contributed by atoms with Crippen LogP contribution in [0.3, 0.4) is 0 Å². The fourth-order valence-electron chi connectivity index (χ4n) is 4.69. The first-order chi connectivity index (χ1) is 18.2. The standard InChI is InChI=1S/C29H28Cl2N2O5/c1-5-32(6-2)19-12-10-17(11-13-19)26-25(27(34)21-15-24(38-4)22(31)16-23(21)37-3)28(35)29(36)33(26)20-9-7-8-18(30)14-20/h7-16,26,34H,5-6H2,1-4H3/b27-25+. The summed E-state index contributed by atoms with van der Waals surface area (Å²) in [6.07, 6.45) is 0. The Hall–Kier alpha value is -3.68. The van der Waals surface area contributed by atoms with Crippen LogP contribution in [-0.2, 0) is 9.59 Å². The van der Waals surface area contributed by atoms with Crippen LogP contribution in [-0.4, -0.2) is 44.1 Å². The minimum atomic E-state index is -0.925. The van der Waals surface area contributed by atoms with E-state index in [4.69, 9.17) is 32.7 Å². The molecule has 0 radical (unpaired) electrons. The average molecular weight is 555 g/mol. The van der Waals surface area contributed by atoms with Gasteiger partial charge in [-0.15, -0.1) is 0 Å². The van der Waals surface area contributed by atoms with Crippen LogP contribution < -0.4 is 19.3 Å². The molecule has 1 fully saturated rings. The maximum atomic E-state index is 13.5. The minimum absolute atomic E-state index is 0.0896. The van der Waals surface area contributed by atoms with Gasteiger partial charge in [0.2, 0.25) is 0 Å². The highest BCUT2D eigenvalue weighted by Gasteiger charge is 2.47. The molecule has 38 heavy (non-hydrogen) atoms. The highest BCUT2D eigenvalue weighted by molar-refractivity contribution is 6.52. The number of amides is 1. The largest absolute Gasteiger partial charge is 0.507 e. The lowest BCUT2D eigenvalue weighted by Gasteiger charge is -2.27. The predicted molar refractivity (Wildman–Crippen MR) is 151 cm³/mol. The molecule has 1 heterocycles. The Morgan fingerprint density at radius 2 is 1.61 bits per heavy atom. The Balaban J connectivity index is 1.96. The second-order valence-electron chi connectivity index (χ2n) is 8.60. The molecule has 0 saturated carbocycles. The number of hydrogen-bond donors (Lipinski definition) is 1. The summed E-state index contributed by atoms with van der Waals surface area (Å²) in [4.78, 5) is 30.5. The lowest BCUT2D eigenvalue weighted by Crippen LogP contribution is -2.29. The fraction of sp³-hybridized carbons (Fsp3) is 0.241. The summed E-state index contributed by atoms with van der Waals surface area (Å²) in [5.41, 5.74) is 2.15. The van der Waals surface area contributed by atoms with Crippen molar-refractivity contribution in [2.75, 3.05) is 37.1 Å². The number of nitrogens with zero attached hydrogens (tertiary/aromatic N) is 2. The third-order valence-corrected chi connectivity index (χ3v) is 7.13. The summed E-state index contributed by atoms with van der Waals surface area (Å²) in [7, 11) is 2.86. The molecular formula is C29H28Cl2N2O5. The van der Waals surface area contributed by atoms with Gasteiger partial charge in [0.15, 0.2) is 0 Å². The molecule has 0 aliphatic carbocycles. The Morgan fingerprint density at radius 3 is 2.18 bits per heavy atom. The van der Waals surface area contributed by atoms with E-state index < -0.39 is 23.5 Å². The molecule has 1 aliphatic rings. The van der Waals surface area contributed by atoms with Crippen LogP contribution in [0, 0.1) is 0 Å². The van der Waals surface area contributed by atoms with Gasteiger partial charge in [-0.2, -0.15) is 0 Å². The second-order valence-corrected chi connectivity index (χ2v) is 9.44. The van der Waals surface area contributed by atoms with Gasteiger partial charge in [0.25, 0.3) is 11.7 Å². The lowest BCUT2D eigenvalue weighted by molar-refractivity contribution is -0.132. The topological polar surface area (TPSA) is 79.3 Å². The van der Waals surface area contributed by atoms with Gasteiger partial charge in [0.1, 0.15) is 17.3 Å². The van der Waals surface area contributed by atoms with Gasteiger partial charge in [0, 0.05) is 35.6 Å². The molecule has 3 aromatic carbocycles. The van der Waals surface area contributed by atoms with Gasteiger partial charge < -0.3 is 19.5 Å². The number of anilines is 2. The van der Waals surface area contributed by atoms with Crippen LogP contribution in [0.25, 0.3) is 5.76 Å². The number of ketones is 1. The normalized spacial score (nSPS) is 16.6.